The second-order valence-electron chi connectivity index (χ2n) is 10.4. The monoisotopic (exact) mass is 461 g/mol. The Hall–Kier alpha value is -2.44. The minimum Gasteiger partial charge on any atom is -0.393 e. The summed E-state index contributed by atoms with van der Waals surface area (Å²) >= 11 is 0. The Balaban J connectivity index is 1.45. The SMILES string of the molecule is CCCNCc1ccc(-c2cn(C3CCC(O)CC3)c3nc(N[C@@H](C)CC4CC4)ncc23)cc1. The van der Waals surface area contributed by atoms with Crippen molar-refractivity contribution in [3.63, 3.8) is 0 Å². The maximum atomic E-state index is 10.0. The fourth-order valence-electron chi connectivity index (χ4n) is 5.29. The molecule has 34 heavy (non-hydrogen) atoms. The van der Waals surface area contributed by atoms with E-state index in [9.17, 15) is 5.11 Å². The molecule has 2 aliphatic rings. The third-order valence-electron chi connectivity index (χ3n) is 7.41. The van der Waals surface area contributed by atoms with E-state index in [4.69, 9.17) is 9.97 Å². The fraction of sp³-hybridized carbons (Fsp3) is 0.571. The third kappa shape index (κ3) is 5.44. The molecule has 1 aromatic carbocycles. The van der Waals surface area contributed by atoms with Gasteiger partial charge in [0.25, 0.3) is 0 Å². The molecule has 2 aliphatic carbocycles. The Morgan fingerprint density at radius 3 is 2.56 bits per heavy atom. The van der Waals surface area contributed by atoms with Gasteiger partial charge >= 0.3 is 0 Å². The molecule has 2 saturated carbocycles. The van der Waals surface area contributed by atoms with Crippen LogP contribution in [0.1, 0.15) is 76.8 Å². The van der Waals surface area contributed by atoms with Crippen LogP contribution in [0.3, 0.4) is 0 Å². The summed E-state index contributed by atoms with van der Waals surface area (Å²) in [6, 6.07) is 9.62. The van der Waals surface area contributed by atoms with Crippen LogP contribution in [0.25, 0.3) is 22.2 Å². The lowest BCUT2D eigenvalue weighted by molar-refractivity contribution is 0.111. The number of aliphatic hydroxyl groups is 1. The third-order valence-corrected chi connectivity index (χ3v) is 7.41. The number of rotatable bonds is 10. The van der Waals surface area contributed by atoms with Crippen molar-refractivity contribution in [3.8, 4) is 11.1 Å². The molecule has 0 aliphatic heterocycles. The van der Waals surface area contributed by atoms with E-state index < -0.39 is 0 Å². The summed E-state index contributed by atoms with van der Waals surface area (Å²) in [6.07, 6.45) is 12.8. The zero-order valence-electron chi connectivity index (χ0n) is 20.6. The largest absolute Gasteiger partial charge is 0.393 e. The molecular formula is C28H39N5O. The van der Waals surface area contributed by atoms with E-state index in [1.54, 1.807) is 0 Å². The van der Waals surface area contributed by atoms with Crippen molar-refractivity contribution in [2.75, 3.05) is 11.9 Å². The molecule has 0 radical (unpaired) electrons. The predicted octanol–water partition coefficient (Wildman–Crippen LogP) is 5.67. The van der Waals surface area contributed by atoms with Gasteiger partial charge in [0.05, 0.1) is 6.10 Å². The van der Waals surface area contributed by atoms with E-state index in [-0.39, 0.29) is 6.10 Å². The van der Waals surface area contributed by atoms with Crippen LogP contribution in [-0.2, 0) is 6.54 Å². The summed E-state index contributed by atoms with van der Waals surface area (Å²) in [5.74, 6) is 1.59. The molecule has 2 heterocycles. The Kier molecular flexibility index (Phi) is 7.16. The first-order valence-electron chi connectivity index (χ1n) is 13.2. The highest BCUT2D eigenvalue weighted by Gasteiger charge is 2.26. The van der Waals surface area contributed by atoms with Crippen molar-refractivity contribution in [1.82, 2.24) is 19.9 Å². The minimum atomic E-state index is -0.165. The molecule has 3 aromatic rings. The van der Waals surface area contributed by atoms with Gasteiger partial charge in [-0.2, -0.15) is 4.98 Å². The molecule has 6 nitrogen and oxygen atoms in total. The van der Waals surface area contributed by atoms with E-state index in [1.807, 2.05) is 6.20 Å². The van der Waals surface area contributed by atoms with Gasteiger partial charge in [-0.25, -0.2) is 4.98 Å². The van der Waals surface area contributed by atoms with Crippen LogP contribution < -0.4 is 10.6 Å². The highest BCUT2D eigenvalue weighted by molar-refractivity contribution is 5.94. The summed E-state index contributed by atoms with van der Waals surface area (Å²) < 4.78 is 2.35. The van der Waals surface area contributed by atoms with Crippen molar-refractivity contribution in [3.05, 3.63) is 42.2 Å². The van der Waals surface area contributed by atoms with Crippen LogP contribution in [0.5, 0.6) is 0 Å². The highest BCUT2D eigenvalue weighted by atomic mass is 16.3. The number of hydrogen-bond acceptors (Lipinski definition) is 5. The standard InChI is InChI=1S/C28H39N5O/c1-3-14-29-16-21-6-8-22(9-7-21)26-18-33(23-10-12-24(34)13-11-23)27-25(26)17-30-28(32-27)31-19(2)15-20-4-5-20/h6-9,17-20,23-24,29,34H,3-5,10-16H2,1-2H3,(H,30,31,32)/t19-,23?,24?/m0/s1. The predicted molar refractivity (Wildman–Crippen MR) is 139 cm³/mol. The van der Waals surface area contributed by atoms with Crippen LogP contribution in [0.4, 0.5) is 5.95 Å². The molecule has 3 N–H and O–H groups in total. The van der Waals surface area contributed by atoms with Crippen molar-refractivity contribution in [2.24, 2.45) is 5.92 Å². The number of nitrogens with zero attached hydrogens (tertiary/aromatic N) is 3. The van der Waals surface area contributed by atoms with Crippen LogP contribution in [0.15, 0.2) is 36.7 Å². The lowest BCUT2D eigenvalue weighted by Crippen LogP contribution is -2.21. The zero-order chi connectivity index (χ0) is 23.5. The Labute approximate surface area is 203 Å². The topological polar surface area (TPSA) is 75.0 Å². The first-order chi connectivity index (χ1) is 16.6. The summed E-state index contributed by atoms with van der Waals surface area (Å²) in [6.45, 7) is 6.36. The molecule has 0 spiro atoms. The van der Waals surface area contributed by atoms with Gasteiger partial charge in [-0.05, 0) is 69.0 Å². The molecule has 2 fully saturated rings. The summed E-state index contributed by atoms with van der Waals surface area (Å²) in [4.78, 5) is 9.73. The average Bonchev–Trinajstić information content (AvgIpc) is 3.58. The van der Waals surface area contributed by atoms with Gasteiger partial charge in [-0.1, -0.05) is 44.0 Å². The summed E-state index contributed by atoms with van der Waals surface area (Å²) in [7, 11) is 0. The van der Waals surface area contributed by atoms with Crippen LogP contribution >= 0.6 is 0 Å². The maximum Gasteiger partial charge on any atom is 0.224 e. The van der Waals surface area contributed by atoms with Gasteiger partial charge < -0.3 is 20.3 Å². The van der Waals surface area contributed by atoms with Gasteiger partial charge in [0.1, 0.15) is 5.65 Å². The number of aliphatic hydroxyl groups excluding tert-OH is 1. The van der Waals surface area contributed by atoms with Gasteiger partial charge in [0.2, 0.25) is 5.95 Å². The number of anilines is 1. The molecular weight excluding hydrogens is 422 g/mol. The van der Waals surface area contributed by atoms with Crippen LogP contribution in [0.2, 0.25) is 0 Å². The van der Waals surface area contributed by atoms with E-state index in [0.717, 1.165) is 68.1 Å². The fourth-order valence-corrected chi connectivity index (χ4v) is 5.29. The first kappa shape index (κ1) is 23.3. The van der Waals surface area contributed by atoms with E-state index in [0.29, 0.717) is 12.1 Å². The van der Waals surface area contributed by atoms with Crippen molar-refractivity contribution >= 4 is 17.0 Å². The quantitative estimate of drug-likeness (QED) is 0.339. The molecule has 6 heteroatoms. The van der Waals surface area contributed by atoms with Crippen molar-refractivity contribution in [1.29, 1.82) is 0 Å². The zero-order valence-corrected chi connectivity index (χ0v) is 20.6. The van der Waals surface area contributed by atoms with E-state index >= 15 is 0 Å². The van der Waals surface area contributed by atoms with Gasteiger partial charge in [-0.15, -0.1) is 0 Å². The normalized spacial score (nSPS) is 21.6. The lowest BCUT2D eigenvalue weighted by atomic mass is 9.93. The molecule has 182 valence electrons. The van der Waals surface area contributed by atoms with Crippen LogP contribution in [-0.4, -0.2) is 38.3 Å². The number of hydrogen-bond donors (Lipinski definition) is 3. The van der Waals surface area contributed by atoms with Crippen LogP contribution in [0, 0.1) is 5.92 Å². The molecule has 0 bridgehead atoms. The van der Waals surface area contributed by atoms with Gasteiger partial charge in [0.15, 0.2) is 0 Å². The van der Waals surface area contributed by atoms with Gasteiger partial charge in [-0.3, -0.25) is 0 Å². The van der Waals surface area contributed by atoms with Crippen molar-refractivity contribution < 1.29 is 5.11 Å². The molecule has 1 atom stereocenters. The molecule has 5 rings (SSSR count). The first-order valence-corrected chi connectivity index (χ1v) is 13.2. The summed E-state index contributed by atoms with van der Waals surface area (Å²) in [5.41, 5.74) is 4.69. The number of fused-ring (bicyclic) bond motifs is 1. The Morgan fingerprint density at radius 1 is 1.09 bits per heavy atom. The smallest absolute Gasteiger partial charge is 0.224 e. The van der Waals surface area contributed by atoms with Crippen molar-refractivity contribution in [2.45, 2.75) is 89.9 Å². The average molecular weight is 462 g/mol. The Bertz CT molecular complexity index is 1080. The van der Waals surface area contributed by atoms with E-state index in [2.05, 4.69) is 59.5 Å². The Morgan fingerprint density at radius 2 is 1.85 bits per heavy atom. The number of benzene rings is 1. The highest BCUT2D eigenvalue weighted by Crippen LogP contribution is 2.37. The second-order valence-corrected chi connectivity index (χ2v) is 10.4. The van der Waals surface area contributed by atoms with E-state index in [1.165, 1.54) is 36.0 Å². The number of aromatic nitrogens is 3. The molecule has 0 unspecified atom stereocenters. The van der Waals surface area contributed by atoms with Gasteiger partial charge in [0, 0.05) is 42.0 Å². The molecule has 0 amide bonds. The molecule has 0 saturated heterocycles. The number of nitrogens with one attached hydrogen (secondary N) is 2. The second kappa shape index (κ2) is 10.4. The maximum absolute atomic E-state index is 10.0. The summed E-state index contributed by atoms with van der Waals surface area (Å²) in [5, 5.41) is 18.2. The minimum absolute atomic E-state index is 0.165. The molecule has 2 aromatic heterocycles. The lowest BCUT2D eigenvalue weighted by Gasteiger charge is -2.27.